The molecule has 134 valence electrons. The van der Waals surface area contributed by atoms with Crippen molar-refractivity contribution in [2.75, 3.05) is 24.6 Å². The van der Waals surface area contributed by atoms with Crippen molar-refractivity contribution in [3.05, 3.63) is 29.8 Å². The Bertz CT molecular complexity index is 688. The van der Waals surface area contributed by atoms with Crippen molar-refractivity contribution in [2.24, 2.45) is 5.92 Å². The third-order valence-electron chi connectivity index (χ3n) is 4.99. The van der Waals surface area contributed by atoms with Crippen LogP contribution < -0.4 is 4.90 Å². The summed E-state index contributed by atoms with van der Waals surface area (Å²) >= 11 is 0. The van der Waals surface area contributed by atoms with Crippen LogP contribution in [0.5, 0.6) is 0 Å². The third kappa shape index (κ3) is 3.44. The summed E-state index contributed by atoms with van der Waals surface area (Å²) in [6.07, 6.45) is 1.76. The fourth-order valence-electron chi connectivity index (χ4n) is 3.71. The van der Waals surface area contributed by atoms with Gasteiger partial charge in [-0.25, -0.2) is 4.90 Å². The Morgan fingerprint density at radius 3 is 2.76 bits per heavy atom. The molecule has 0 bridgehead atoms. The topological polar surface area (TPSA) is 66.9 Å². The van der Waals surface area contributed by atoms with Crippen molar-refractivity contribution in [1.29, 1.82) is 0 Å². The number of esters is 1. The zero-order chi connectivity index (χ0) is 18.0. The van der Waals surface area contributed by atoms with Gasteiger partial charge in [0.05, 0.1) is 30.7 Å². The number of likely N-dealkylation sites (tertiary alicyclic amines) is 1. The number of hydrogen-bond acceptors (Lipinski definition) is 5. The fraction of sp³-hybridized carbons (Fsp3) is 0.526. The number of carbonyl (C=O) groups is 3. The lowest BCUT2D eigenvalue weighted by Gasteiger charge is -2.34. The SMILES string of the molecule is CCOC(=O)C1CCCN(C2CC(=O)N(c3ccccc3C)C2=O)C1. The minimum absolute atomic E-state index is 0.169. The standard InChI is InChI=1S/C19H24N2O4/c1-3-25-19(24)14-8-6-10-20(12-14)16-11-17(22)21(18(16)23)15-9-5-4-7-13(15)2/h4-5,7,9,14,16H,3,6,8,10-12H2,1-2H3. The van der Waals surface area contributed by atoms with Gasteiger partial charge in [0.1, 0.15) is 0 Å². The van der Waals surface area contributed by atoms with E-state index in [0.29, 0.717) is 18.8 Å². The molecule has 2 saturated heterocycles. The van der Waals surface area contributed by atoms with Gasteiger partial charge in [-0.3, -0.25) is 19.3 Å². The zero-order valence-corrected chi connectivity index (χ0v) is 14.7. The molecule has 2 fully saturated rings. The number of piperidine rings is 1. The maximum atomic E-state index is 12.9. The second kappa shape index (κ2) is 7.35. The van der Waals surface area contributed by atoms with Crippen molar-refractivity contribution >= 4 is 23.5 Å². The Labute approximate surface area is 147 Å². The first-order valence-electron chi connectivity index (χ1n) is 8.86. The van der Waals surface area contributed by atoms with Gasteiger partial charge in [-0.15, -0.1) is 0 Å². The van der Waals surface area contributed by atoms with Crippen LogP contribution in [0.1, 0.15) is 31.7 Å². The highest BCUT2D eigenvalue weighted by Gasteiger charge is 2.44. The van der Waals surface area contributed by atoms with E-state index in [2.05, 4.69) is 0 Å². The predicted molar refractivity (Wildman–Crippen MR) is 93.0 cm³/mol. The number of ether oxygens (including phenoxy) is 1. The lowest BCUT2D eigenvalue weighted by Crippen LogP contribution is -2.48. The minimum Gasteiger partial charge on any atom is -0.466 e. The second-order valence-electron chi connectivity index (χ2n) is 6.66. The van der Waals surface area contributed by atoms with Crippen LogP contribution in [0.3, 0.4) is 0 Å². The van der Waals surface area contributed by atoms with E-state index in [1.165, 1.54) is 4.90 Å². The van der Waals surface area contributed by atoms with E-state index in [1.54, 1.807) is 13.0 Å². The van der Waals surface area contributed by atoms with E-state index < -0.39 is 6.04 Å². The number of para-hydroxylation sites is 1. The summed E-state index contributed by atoms with van der Waals surface area (Å²) in [6.45, 7) is 5.24. The normalized spacial score (nSPS) is 24.6. The number of nitrogens with zero attached hydrogens (tertiary/aromatic N) is 2. The molecule has 0 aromatic heterocycles. The molecule has 0 saturated carbocycles. The minimum atomic E-state index is -0.482. The van der Waals surface area contributed by atoms with Crippen LogP contribution in [-0.2, 0) is 19.1 Å². The van der Waals surface area contributed by atoms with E-state index in [1.807, 2.05) is 30.0 Å². The van der Waals surface area contributed by atoms with Gasteiger partial charge >= 0.3 is 5.97 Å². The Hall–Kier alpha value is -2.21. The molecule has 2 atom stereocenters. The Morgan fingerprint density at radius 1 is 1.28 bits per heavy atom. The molecule has 1 aromatic rings. The highest BCUT2D eigenvalue weighted by Crippen LogP contribution is 2.30. The van der Waals surface area contributed by atoms with Crippen LogP contribution in [0.15, 0.2) is 24.3 Å². The first-order valence-corrected chi connectivity index (χ1v) is 8.86. The van der Waals surface area contributed by atoms with Gasteiger partial charge in [-0.05, 0) is 44.9 Å². The van der Waals surface area contributed by atoms with Crippen LogP contribution >= 0.6 is 0 Å². The third-order valence-corrected chi connectivity index (χ3v) is 4.99. The molecule has 2 amide bonds. The molecule has 1 aromatic carbocycles. The summed E-state index contributed by atoms with van der Waals surface area (Å²) < 4.78 is 5.12. The molecule has 0 N–H and O–H groups in total. The number of hydrogen-bond donors (Lipinski definition) is 0. The number of anilines is 1. The highest BCUT2D eigenvalue weighted by atomic mass is 16.5. The summed E-state index contributed by atoms with van der Waals surface area (Å²) in [5.74, 6) is -0.796. The number of carbonyl (C=O) groups excluding carboxylic acids is 3. The van der Waals surface area contributed by atoms with Gasteiger partial charge in [0, 0.05) is 6.54 Å². The molecule has 2 aliphatic heterocycles. The van der Waals surface area contributed by atoms with E-state index in [9.17, 15) is 14.4 Å². The van der Waals surface area contributed by atoms with Gasteiger partial charge in [-0.1, -0.05) is 18.2 Å². The predicted octanol–water partition coefficient (Wildman–Crippen LogP) is 1.90. The second-order valence-corrected chi connectivity index (χ2v) is 6.66. The average Bonchev–Trinajstić information content (AvgIpc) is 2.90. The molecule has 0 radical (unpaired) electrons. The van der Waals surface area contributed by atoms with Crippen LogP contribution in [0.25, 0.3) is 0 Å². The maximum Gasteiger partial charge on any atom is 0.310 e. The van der Waals surface area contributed by atoms with Crippen LogP contribution in [0.4, 0.5) is 5.69 Å². The first kappa shape index (κ1) is 17.6. The zero-order valence-electron chi connectivity index (χ0n) is 14.7. The van der Waals surface area contributed by atoms with Gasteiger partial charge in [0.15, 0.2) is 0 Å². The first-order chi connectivity index (χ1) is 12.0. The van der Waals surface area contributed by atoms with Gasteiger partial charge in [-0.2, -0.15) is 0 Å². The largest absolute Gasteiger partial charge is 0.466 e. The van der Waals surface area contributed by atoms with E-state index in [0.717, 1.165) is 24.9 Å². The van der Waals surface area contributed by atoms with Crippen molar-refractivity contribution < 1.29 is 19.1 Å². The van der Waals surface area contributed by atoms with Crippen molar-refractivity contribution in [3.63, 3.8) is 0 Å². The summed E-state index contributed by atoms with van der Waals surface area (Å²) in [5, 5.41) is 0. The average molecular weight is 344 g/mol. The fourth-order valence-corrected chi connectivity index (χ4v) is 3.71. The molecule has 6 nitrogen and oxygen atoms in total. The van der Waals surface area contributed by atoms with Crippen LogP contribution in [0, 0.1) is 12.8 Å². The summed E-state index contributed by atoms with van der Waals surface area (Å²) in [5.41, 5.74) is 1.55. The van der Waals surface area contributed by atoms with E-state index >= 15 is 0 Å². The Kier molecular flexibility index (Phi) is 5.18. The van der Waals surface area contributed by atoms with Crippen molar-refractivity contribution in [2.45, 2.75) is 39.2 Å². The van der Waals surface area contributed by atoms with Crippen LogP contribution in [0.2, 0.25) is 0 Å². The van der Waals surface area contributed by atoms with Crippen LogP contribution in [-0.4, -0.2) is 48.4 Å². The molecule has 3 rings (SSSR count). The summed E-state index contributed by atoms with van der Waals surface area (Å²) in [4.78, 5) is 40.7. The number of rotatable bonds is 4. The molecule has 0 spiro atoms. The summed E-state index contributed by atoms with van der Waals surface area (Å²) in [7, 11) is 0. The molecule has 2 unspecified atom stereocenters. The highest BCUT2D eigenvalue weighted by molar-refractivity contribution is 6.22. The number of imide groups is 1. The number of benzene rings is 1. The Morgan fingerprint density at radius 2 is 2.04 bits per heavy atom. The van der Waals surface area contributed by atoms with Gasteiger partial charge in [0.2, 0.25) is 5.91 Å². The molecule has 6 heteroatoms. The van der Waals surface area contributed by atoms with Crippen molar-refractivity contribution in [1.82, 2.24) is 4.90 Å². The van der Waals surface area contributed by atoms with Crippen molar-refractivity contribution in [3.8, 4) is 0 Å². The molecular weight excluding hydrogens is 320 g/mol. The molecule has 2 aliphatic rings. The van der Waals surface area contributed by atoms with E-state index in [-0.39, 0.29) is 30.1 Å². The number of amides is 2. The maximum absolute atomic E-state index is 12.9. The molecular formula is C19H24N2O4. The lowest BCUT2D eigenvalue weighted by molar-refractivity contribution is -0.150. The quantitative estimate of drug-likeness (QED) is 0.616. The molecule has 0 aliphatic carbocycles. The Balaban J connectivity index is 1.76. The van der Waals surface area contributed by atoms with E-state index in [4.69, 9.17) is 4.74 Å². The summed E-state index contributed by atoms with van der Waals surface area (Å²) in [6, 6.07) is 6.92. The monoisotopic (exact) mass is 344 g/mol. The molecule has 2 heterocycles. The van der Waals surface area contributed by atoms with Gasteiger partial charge < -0.3 is 4.74 Å². The smallest absolute Gasteiger partial charge is 0.310 e. The van der Waals surface area contributed by atoms with Gasteiger partial charge in [0.25, 0.3) is 5.91 Å². The lowest BCUT2D eigenvalue weighted by atomic mass is 9.96. The number of aryl methyl sites for hydroxylation is 1. The molecule has 25 heavy (non-hydrogen) atoms.